The third kappa shape index (κ3) is 7.39. The molecule has 2 aromatic rings. The normalized spacial score (nSPS) is 11.1. The van der Waals surface area contributed by atoms with E-state index in [4.69, 9.17) is 5.11 Å². The van der Waals surface area contributed by atoms with E-state index >= 15 is 0 Å². The fraction of sp³-hybridized carbons (Fsp3) is 0.389. The van der Waals surface area contributed by atoms with E-state index in [-0.39, 0.29) is 24.9 Å². The summed E-state index contributed by atoms with van der Waals surface area (Å²) in [7, 11) is 1.50. The number of nitrogens with two attached hydrogens (primary N) is 1. The Labute approximate surface area is 176 Å². The fourth-order valence-electron chi connectivity index (χ4n) is 2.34. The number of thiazole rings is 1. The second-order valence-electron chi connectivity index (χ2n) is 5.83. The number of aliphatic carboxylic acids is 1. The topological polar surface area (TPSA) is 175 Å². The number of nitrogens with zero attached hydrogens (tertiary/aromatic N) is 2. The smallest absolute Gasteiger partial charge is 0.322 e. The number of carbonyl (C=O) groups is 4. The lowest BCUT2D eigenvalue weighted by atomic mass is 10.1. The molecular weight excluding hydrogens is 414 g/mol. The summed E-state index contributed by atoms with van der Waals surface area (Å²) in [5, 5.41) is 23.9. The molecule has 2 rings (SSSR count). The van der Waals surface area contributed by atoms with Crippen LogP contribution in [0.4, 0.5) is 5.69 Å². The number of carboxylic acids is 1. The fourth-order valence-corrected chi connectivity index (χ4v) is 3.05. The quantitative estimate of drug-likeness (QED) is 0.277. The predicted octanol–water partition coefficient (Wildman–Crippen LogP) is 0.469. The summed E-state index contributed by atoms with van der Waals surface area (Å²) in [6.45, 7) is 0.990. The zero-order valence-corrected chi connectivity index (χ0v) is 17.4. The lowest BCUT2D eigenvalue weighted by molar-refractivity contribution is -0.138. The van der Waals surface area contributed by atoms with Crippen LogP contribution >= 0.6 is 11.3 Å². The van der Waals surface area contributed by atoms with Crippen molar-refractivity contribution >= 4 is 50.9 Å². The summed E-state index contributed by atoms with van der Waals surface area (Å²) in [6, 6.07) is 3.73. The molecule has 164 valence electrons. The largest absolute Gasteiger partial charge is 0.480 e. The van der Waals surface area contributed by atoms with E-state index in [1.54, 1.807) is 24.6 Å². The van der Waals surface area contributed by atoms with Crippen molar-refractivity contribution in [1.82, 2.24) is 15.6 Å². The van der Waals surface area contributed by atoms with Gasteiger partial charge in [-0.2, -0.15) is 5.06 Å². The van der Waals surface area contributed by atoms with E-state index in [2.05, 4.69) is 21.4 Å². The van der Waals surface area contributed by atoms with Crippen LogP contribution in [0.5, 0.6) is 0 Å². The maximum Gasteiger partial charge on any atom is 0.322 e. The molecule has 0 fully saturated rings. The van der Waals surface area contributed by atoms with Gasteiger partial charge in [-0.3, -0.25) is 24.4 Å². The van der Waals surface area contributed by atoms with Gasteiger partial charge in [0.2, 0.25) is 11.8 Å². The van der Waals surface area contributed by atoms with Crippen LogP contribution in [0.1, 0.15) is 26.2 Å². The average Bonchev–Trinajstić information content (AvgIpc) is 3.23. The first-order valence-corrected chi connectivity index (χ1v) is 9.91. The maximum atomic E-state index is 12.3. The molecule has 1 atom stereocenters. The molecule has 11 nitrogen and oxygen atoms in total. The highest BCUT2D eigenvalue weighted by Gasteiger charge is 2.23. The molecule has 3 amide bonds. The Morgan fingerprint density at radius 2 is 1.97 bits per heavy atom. The summed E-state index contributed by atoms with van der Waals surface area (Å²) < 4.78 is 0.797. The van der Waals surface area contributed by atoms with Gasteiger partial charge in [-0.1, -0.05) is 6.92 Å². The van der Waals surface area contributed by atoms with Crippen LogP contribution in [0.25, 0.3) is 10.2 Å². The van der Waals surface area contributed by atoms with Crippen molar-refractivity contribution in [2.45, 2.75) is 32.2 Å². The molecule has 0 aliphatic rings. The highest BCUT2D eigenvalue weighted by Crippen LogP contribution is 2.24. The summed E-state index contributed by atoms with van der Waals surface area (Å²) in [5.41, 5.74) is 7.15. The predicted molar refractivity (Wildman–Crippen MR) is 111 cm³/mol. The molecule has 0 aliphatic heterocycles. The Kier molecular flexibility index (Phi) is 10.4. The van der Waals surface area contributed by atoms with Gasteiger partial charge in [0.25, 0.3) is 5.91 Å². The molecule has 1 aromatic carbocycles. The number of hydrogen-bond donors (Lipinski definition) is 5. The minimum absolute atomic E-state index is 0.101. The number of nitrogens with one attached hydrogen (secondary N) is 2. The number of anilines is 1. The zero-order chi connectivity index (χ0) is 22.7. The number of amides is 3. The van der Waals surface area contributed by atoms with E-state index < -0.39 is 36.3 Å². The van der Waals surface area contributed by atoms with E-state index in [9.17, 15) is 24.4 Å². The number of carbonyl (C=O) groups excluding carboxylic acids is 3. The van der Waals surface area contributed by atoms with E-state index in [1.807, 2.05) is 0 Å². The average molecular weight is 439 g/mol. The van der Waals surface area contributed by atoms with Gasteiger partial charge in [0, 0.05) is 12.8 Å². The maximum absolute atomic E-state index is 12.3. The van der Waals surface area contributed by atoms with Crippen LogP contribution in [0, 0.1) is 0 Å². The Bertz CT molecular complexity index is 887. The van der Waals surface area contributed by atoms with Gasteiger partial charge in [0.15, 0.2) is 0 Å². The van der Waals surface area contributed by atoms with E-state index in [0.29, 0.717) is 5.06 Å². The molecule has 30 heavy (non-hydrogen) atoms. The molecular formula is C18H25N5O6S. The van der Waals surface area contributed by atoms with Gasteiger partial charge in [0.05, 0.1) is 21.4 Å². The molecule has 12 heteroatoms. The van der Waals surface area contributed by atoms with Crippen LogP contribution in [-0.2, 0) is 19.2 Å². The van der Waals surface area contributed by atoms with Crippen molar-refractivity contribution in [3.63, 3.8) is 0 Å². The number of hydrogen-bond acceptors (Lipinski definition) is 8. The molecule has 0 saturated carbocycles. The zero-order valence-electron chi connectivity index (χ0n) is 16.6. The van der Waals surface area contributed by atoms with E-state index in [0.717, 1.165) is 10.2 Å². The van der Waals surface area contributed by atoms with Crippen molar-refractivity contribution in [2.24, 2.45) is 5.73 Å². The third-order valence-electron chi connectivity index (χ3n) is 3.83. The van der Waals surface area contributed by atoms with Crippen LogP contribution in [-0.4, -0.2) is 58.6 Å². The standard InChI is InChI=1S/C17H20N4O6S.CH5N/c1-2-14(22)20-12(17(26)18-8-16(24)25)5-6-15(23)21(27)10-3-4-11-13(7-10)28-9-19-11;1-2/h3-4,7,9,12,27H,2,5-6,8H2,1H3,(H,18,26)(H,20,22)(H,24,25);2H2,1H3. The van der Waals surface area contributed by atoms with Gasteiger partial charge in [0.1, 0.15) is 12.6 Å². The Morgan fingerprint density at radius 3 is 2.60 bits per heavy atom. The molecule has 1 heterocycles. The van der Waals surface area contributed by atoms with Gasteiger partial charge in [-0.25, -0.2) is 4.98 Å². The first-order valence-electron chi connectivity index (χ1n) is 9.03. The first-order chi connectivity index (χ1) is 14.3. The molecule has 0 spiro atoms. The molecule has 0 aliphatic carbocycles. The Morgan fingerprint density at radius 1 is 1.27 bits per heavy atom. The Hall–Kier alpha value is -3.09. The van der Waals surface area contributed by atoms with Crippen LogP contribution in [0.15, 0.2) is 23.7 Å². The molecule has 1 unspecified atom stereocenters. The number of rotatable bonds is 9. The summed E-state index contributed by atoms with van der Waals surface area (Å²) in [5.74, 6) is -3.04. The molecule has 6 N–H and O–H groups in total. The minimum Gasteiger partial charge on any atom is -0.480 e. The molecule has 1 aromatic heterocycles. The van der Waals surface area contributed by atoms with Crippen LogP contribution < -0.4 is 21.4 Å². The van der Waals surface area contributed by atoms with Crippen LogP contribution in [0.2, 0.25) is 0 Å². The number of carboxylic acid groups (broad SMARTS) is 1. The van der Waals surface area contributed by atoms with Crippen molar-refractivity contribution in [3.05, 3.63) is 23.7 Å². The second-order valence-corrected chi connectivity index (χ2v) is 6.72. The first kappa shape index (κ1) is 24.9. The van der Waals surface area contributed by atoms with Crippen molar-refractivity contribution < 1.29 is 29.5 Å². The number of fused-ring (bicyclic) bond motifs is 1. The van der Waals surface area contributed by atoms with Gasteiger partial charge in [-0.05, 0) is 31.7 Å². The Balaban J connectivity index is 0.00000218. The third-order valence-corrected chi connectivity index (χ3v) is 4.62. The number of benzene rings is 1. The van der Waals surface area contributed by atoms with Crippen molar-refractivity contribution in [3.8, 4) is 0 Å². The lowest BCUT2D eigenvalue weighted by Gasteiger charge is -2.19. The molecule has 0 radical (unpaired) electrons. The number of hydroxylamine groups is 1. The summed E-state index contributed by atoms with van der Waals surface area (Å²) >= 11 is 1.36. The summed E-state index contributed by atoms with van der Waals surface area (Å²) in [4.78, 5) is 50.7. The highest BCUT2D eigenvalue weighted by molar-refractivity contribution is 7.16. The van der Waals surface area contributed by atoms with Crippen molar-refractivity contribution in [1.29, 1.82) is 0 Å². The minimum atomic E-state index is -1.23. The number of aromatic nitrogens is 1. The van der Waals surface area contributed by atoms with E-state index in [1.165, 1.54) is 24.5 Å². The SMILES string of the molecule is CCC(=O)NC(CCC(=O)N(O)c1ccc2ncsc2c1)C(=O)NCC(=O)O.CN. The lowest BCUT2D eigenvalue weighted by Crippen LogP contribution is -2.48. The molecule has 0 saturated heterocycles. The van der Waals surface area contributed by atoms with Crippen LogP contribution in [0.3, 0.4) is 0 Å². The van der Waals surface area contributed by atoms with Gasteiger partial charge in [-0.15, -0.1) is 11.3 Å². The van der Waals surface area contributed by atoms with Gasteiger partial charge >= 0.3 is 5.97 Å². The van der Waals surface area contributed by atoms with Crippen molar-refractivity contribution in [2.75, 3.05) is 18.7 Å². The second kappa shape index (κ2) is 12.5. The van der Waals surface area contributed by atoms with Gasteiger partial charge < -0.3 is 21.5 Å². The monoisotopic (exact) mass is 439 g/mol. The highest BCUT2D eigenvalue weighted by atomic mass is 32.1. The summed E-state index contributed by atoms with van der Waals surface area (Å²) in [6.07, 6.45) is -0.222. The molecule has 0 bridgehead atoms.